The number of rotatable bonds is 3. The van der Waals surface area contributed by atoms with E-state index in [0.717, 1.165) is 0 Å². The molecule has 1 atom stereocenters. The summed E-state index contributed by atoms with van der Waals surface area (Å²) in [6.45, 7) is 20.8. The summed E-state index contributed by atoms with van der Waals surface area (Å²) in [5, 5.41) is -0.278. The van der Waals surface area contributed by atoms with Crippen molar-refractivity contribution < 1.29 is 18.6 Å². The summed E-state index contributed by atoms with van der Waals surface area (Å²) in [6.07, 6.45) is 0. The van der Waals surface area contributed by atoms with Gasteiger partial charge >= 0.3 is 7.82 Å². The molecule has 1 unspecified atom stereocenters. The van der Waals surface area contributed by atoms with Crippen LogP contribution in [0.15, 0.2) is 0 Å². The van der Waals surface area contributed by atoms with Gasteiger partial charge in [-0.05, 0) is 28.0 Å². The normalized spacial score (nSPS) is 18.2. The molecule has 0 aliphatic heterocycles. The predicted molar refractivity (Wildman–Crippen MR) is 87.1 cm³/mol. The molecule has 0 aromatic heterocycles. The van der Waals surface area contributed by atoms with Gasteiger partial charge in [0.05, 0.1) is 0 Å². The van der Waals surface area contributed by atoms with Crippen molar-refractivity contribution in [3.8, 4) is 0 Å². The van der Waals surface area contributed by atoms with Gasteiger partial charge in [0.15, 0.2) is 0 Å². The van der Waals surface area contributed by atoms with E-state index in [2.05, 4.69) is 41.5 Å². The van der Waals surface area contributed by atoms with E-state index in [9.17, 15) is 14.4 Å². The Hall–Kier alpha value is 0.327. The maximum Gasteiger partial charge on any atom is 0.459 e. The van der Waals surface area contributed by atoms with Crippen molar-refractivity contribution in [2.24, 2.45) is 10.8 Å². The topological polar surface area (TPSA) is 66.8 Å². The van der Waals surface area contributed by atoms with Crippen LogP contribution in [0.2, 0.25) is 17.1 Å². The highest BCUT2D eigenvalue weighted by Crippen LogP contribution is 2.62. The van der Waals surface area contributed by atoms with Crippen molar-refractivity contribution in [2.45, 2.75) is 79.4 Å². The minimum atomic E-state index is -4.51. The zero-order valence-electron chi connectivity index (χ0n) is 14.7. The monoisotopic (exact) mass is 324 g/mol. The molecule has 0 saturated carbocycles. The quantitative estimate of drug-likeness (QED) is 0.570. The van der Waals surface area contributed by atoms with Crippen LogP contribution >= 0.6 is 7.82 Å². The standard InChI is InChI=1S/C14H33O4PSi/c1-12(2,3)11(13(4,5)6)20(10,14(7,8)9)18-19(15,16)17/h11H,1-10H3,(H2,15,16,17). The highest BCUT2D eigenvalue weighted by atomic mass is 31.2. The molecule has 0 aromatic carbocycles. The first kappa shape index (κ1) is 20.3. The van der Waals surface area contributed by atoms with Gasteiger partial charge in [0.2, 0.25) is 8.32 Å². The maximum atomic E-state index is 11.6. The lowest BCUT2D eigenvalue weighted by atomic mass is 9.76. The third kappa shape index (κ3) is 4.95. The Bertz CT molecular complexity index is 369. The third-order valence-electron chi connectivity index (χ3n) is 4.08. The molecule has 0 aliphatic rings. The molecule has 0 amide bonds. The van der Waals surface area contributed by atoms with E-state index in [1.807, 2.05) is 27.3 Å². The number of phosphoric acid groups is 1. The molecule has 0 radical (unpaired) electrons. The second-order valence-electron chi connectivity index (χ2n) is 9.10. The van der Waals surface area contributed by atoms with Crippen molar-refractivity contribution in [1.82, 2.24) is 0 Å². The lowest BCUT2D eigenvalue weighted by molar-refractivity contribution is 0.187. The van der Waals surface area contributed by atoms with E-state index < -0.39 is 16.1 Å². The van der Waals surface area contributed by atoms with Gasteiger partial charge in [-0.2, -0.15) is 0 Å². The number of hydrogen-bond donors (Lipinski definition) is 2. The molecule has 0 heterocycles. The van der Waals surface area contributed by atoms with Crippen molar-refractivity contribution >= 4 is 16.1 Å². The van der Waals surface area contributed by atoms with E-state index in [1.54, 1.807) is 0 Å². The minimum Gasteiger partial charge on any atom is -0.329 e. The van der Waals surface area contributed by atoms with Gasteiger partial charge in [-0.15, -0.1) is 0 Å². The molecular formula is C14H33O4PSi. The molecule has 0 saturated heterocycles. The molecule has 20 heavy (non-hydrogen) atoms. The molecule has 0 bridgehead atoms. The summed E-state index contributed by atoms with van der Waals surface area (Å²) in [6, 6.07) is 0. The Balaban J connectivity index is 6.15. The van der Waals surface area contributed by atoms with Crippen LogP contribution in [0.25, 0.3) is 0 Å². The molecule has 0 fully saturated rings. The van der Waals surface area contributed by atoms with Crippen LogP contribution in [0, 0.1) is 10.8 Å². The summed E-state index contributed by atoms with van der Waals surface area (Å²) in [7, 11) is -7.26. The molecule has 0 rings (SSSR count). The van der Waals surface area contributed by atoms with Crippen LogP contribution in [0.3, 0.4) is 0 Å². The summed E-state index contributed by atoms with van der Waals surface area (Å²) < 4.78 is 17.1. The van der Waals surface area contributed by atoms with E-state index in [1.165, 1.54) is 0 Å². The Morgan fingerprint density at radius 1 is 0.900 bits per heavy atom. The van der Waals surface area contributed by atoms with E-state index in [-0.39, 0.29) is 21.4 Å². The summed E-state index contributed by atoms with van der Waals surface area (Å²) in [5.41, 5.74) is -0.0984. The predicted octanol–water partition coefficient (Wildman–Crippen LogP) is 4.93. The van der Waals surface area contributed by atoms with E-state index >= 15 is 0 Å². The van der Waals surface area contributed by atoms with Gasteiger partial charge < -0.3 is 14.0 Å². The zero-order valence-corrected chi connectivity index (χ0v) is 16.6. The molecule has 0 spiro atoms. The minimum absolute atomic E-state index is 0.0927. The van der Waals surface area contributed by atoms with Crippen molar-refractivity contribution in [3.63, 3.8) is 0 Å². The molecule has 4 nitrogen and oxygen atoms in total. The zero-order chi connectivity index (χ0) is 16.8. The van der Waals surface area contributed by atoms with Gasteiger partial charge in [-0.25, -0.2) is 4.57 Å². The first-order valence-corrected chi connectivity index (χ1v) is 11.1. The molecule has 122 valence electrons. The fraction of sp³-hybridized carbons (Fsp3) is 1.00. The summed E-state index contributed by atoms with van der Waals surface area (Å²) in [5.74, 6) is 0. The highest BCUT2D eigenvalue weighted by molar-refractivity contribution is 7.48. The first-order valence-electron chi connectivity index (χ1n) is 7.09. The van der Waals surface area contributed by atoms with Crippen molar-refractivity contribution in [2.75, 3.05) is 0 Å². The Labute approximate surface area is 125 Å². The van der Waals surface area contributed by atoms with Crippen molar-refractivity contribution in [1.29, 1.82) is 0 Å². The molecule has 2 N–H and O–H groups in total. The van der Waals surface area contributed by atoms with Crippen LogP contribution in [0.5, 0.6) is 0 Å². The summed E-state index contributed by atoms with van der Waals surface area (Å²) >= 11 is 0. The Kier molecular flexibility index (Phi) is 5.60. The van der Waals surface area contributed by atoms with Gasteiger partial charge in [0.1, 0.15) is 0 Å². The first-order chi connectivity index (χ1) is 8.32. The van der Waals surface area contributed by atoms with Gasteiger partial charge in [-0.3, -0.25) is 0 Å². The van der Waals surface area contributed by atoms with E-state index in [0.29, 0.717) is 0 Å². The van der Waals surface area contributed by atoms with E-state index in [4.69, 9.17) is 4.21 Å². The van der Waals surface area contributed by atoms with Crippen LogP contribution < -0.4 is 0 Å². The molecular weight excluding hydrogens is 291 g/mol. The number of hydrogen-bond acceptors (Lipinski definition) is 2. The van der Waals surface area contributed by atoms with Gasteiger partial charge in [-0.1, -0.05) is 62.3 Å². The van der Waals surface area contributed by atoms with Crippen LogP contribution in [0.1, 0.15) is 62.3 Å². The third-order valence-corrected chi connectivity index (χ3v) is 12.4. The molecule has 0 aromatic rings. The Morgan fingerprint density at radius 2 is 1.20 bits per heavy atom. The lowest BCUT2D eigenvalue weighted by Crippen LogP contribution is -2.55. The average molecular weight is 324 g/mol. The van der Waals surface area contributed by atoms with Crippen molar-refractivity contribution in [3.05, 3.63) is 0 Å². The second kappa shape index (κ2) is 5.51. The summed E-state index contributed by atoms with van der Waals surface area (Å²) in [4.78, 5) is 18.8. The Morgan fingerprint density at radius 3 is 1.35 bits per heavy atom. The fourth-order valence-corrected chi connectivity index (χ4v) is 11.5. The smallest absolute Gasteiger partial charge is 0.329 e. The van der Waals surface area contributed by atoms with Gasteiger partial charge in [0, 0.05) is 0 Å². The van der Waals surface area contributed by atoms with Crippen LogP contribution in [-0.4, -0.2) is 18.1 Å². The fourth-order valence-electron chi connectivity index (χ4n) is 3.82. The van der Waals surface area contributed by atoms with Crippen LogP contribution in [-0.2, 0) is 8.78 Å². The van der Waals surface area contributed by atoms with Crippen LogP contribution in [0.4, 0.5) is 0 Å². The van der Waals surface area contributed by atoms with Gasteiger partial charge in [0.25, 0.3) is 0 Å². The largest absolute Gasteiger partial charge is 0.459 e. The SMILES string of the molecule is CC(C)(C)C(C(C)(C)C)[Si](C)(OP(=O)(O)O)C(C)(C)C. The molecule has 0 aliphatic carbocycles. The molecule has 6 heteroatoms. The second-order valence-corrected chi connectivity index (χ2v) is 15.1. The lowest BCUT2D eigenvalue weighted by Gasteiger charge is -2.54. The average Bonchev–Trinajstić information content (AvgIpc) is 1.89. The maximum absolute atomic E-state index is 11.6. The highest BCUT2D eigenvalue weighted by Gasteiger charge is 2.58.